The Labute approximate surface area is 188 Å². The summed E-state index contributed by atoms with van der Waals surface area (Å²) in [4.78, 5) is 30.6. The van der Waals surface area contributed by atoms with E-state index in [-0.39, 0.29) is 24.5 Å². The molecule has 31 heavy (non-hydrogen) atoms. The summed E-state index contributed by atoms with van der Waals surface area (Å²) in [6.45, 7) is 5.36. The van der Waals surface area contributed by atoms with Gasteiger partial charge in [0.05, 0.1) is 6.54 Å². The van der Waals surface area contributed by atoms with Gasteiger partial charge in [-0.15, -0.1) is 11.3 Å². The number of amides is 3. The van der Waals surface area contributed by atoms with Crippen molar-refractivity contribution in [3.63, 3.8) is 0 Å². The topological polar surface area (TPSA) is 52.7 Å². The number of thiophene rings is 1. The second-order valence-corrected chi connectivity index (χ2v) is 8.71. The van der Waals surface area contributed by atoms with Gasteiger partial charge in [0.15, 0.2) is 0 Å². The fraction of sp³-hybridized carbons (Fsp3) is 0.280. The fourth-order valence-corrected chi connectivity index (χ4v) is 3.96. The average Bonchev–Trinajstić information content (AvgIpc) is 3.29. The summed E-state index contributed by atoms with van der Waals surface area (Å²) in [7, 11) is 0. The molecule has 0 atom stereocenters. The molecular weight excluding hydrogens is 406 g/mol. The van der Waals surface area contributed by atoms with Gasteiger partial charge in [0.25, 0.3) is 0 Å². The van der Waals surface area contributed by atoms with Gasteiger partial charge in [-0.1, -0.05) is 66.7 Å². The van der Waals surface area contributed by atoms with Crippen molar-refractivity contribution in [2.45, 2.75) is 39.5 Å². The zero-order valence-corrected chi connectivity index (χ0v) is 18.8. The van der Waals surface area contributed by atoms with E-state index in [0.29, 0.717) is 19.6 Å². The number of rotatable bonds is 9. The van der Waals surface area contributed by atoms with Crippen LogP contribution in [-0.2, 0) is 24.4 Å². The molecule has 5 nitrogen and oxygen atoms in total. The van der Waals surface area contributed by atoms with Crippen LogP contribution in [0.25, 0.3) is 0 Å². The van der Waals surface area contributed by atoms with E-state index in [1.54, 1.807) is 16.2 Å². The number of benzene rings is 2. The van der Waals surface area contributed by atoms with Crippen LogP contribution in [0.15, 0.2) is 78.2 Å². The summed E-state index contributed by atoms with van der Waals surface area (Å²) < 4.78 is 0. The van der Waals surface area contributed by atoms with E-state index in [1.807, 2.05) is 96.9 Å². The third kappa shape index (κ3) is 6.96. The van der Waals surface area contributed by atoms with Crippen molar-refractivity contribution in [2.75, 3.05) is 6.54 Å². The molecule has 3 rings (SSSR count). The van der Waals surface area contributed by atoms with Crippen LogP contribution in [0.1, 0.15) is 29.9 Å². The summed E-state index contributed by atoms with van der Waals surface area (Å²) in [5.74, 6) is -0.0687. The predicted octanol–water partition coefficient (Wildman–Crippen LogP) is 4.90. The second kappa shape index (κ2) is 11.3. The first-order valence-corrected chi connectivity index (χ1v) is 11.3. The molecule has 3 aromatic rings. The maximum absolute atomic E-state index is 13.3. The Kier molecular flexibility index (Phi) is 8.24. The molecule has 0 bridgehead atoms. The Morgan fingerprint density at radius 3 is 2.10 bits per heavy atom. The number of hydrogen-bond donors (Lipinski definition) is 1. The van der Waals surface area contributed by atoms with Gasteiger partial charge in [0.1, 0.15) is 6.54 Å². The summed E-state index contributed by atoms with van der Waals surface area (Å²) in [5.41, 5.74) is 2.09. The van der Waals surface area contributed by atoms with E-state index in [2.05, 4.69) is 5.32 Å². The van der Waals surface area contributed by atoms with Crippen molar-refractivity contribution in [2.24, 2.45) is 0 Å². The molecule has 0 unspecified atom stereocenters. The number of hydrogen-bond acceptors (Lipinski definition) is 3. The number of carbonyl (C=O) groups is 2. The zero-order chi connectivity index (χ0) is 22.1. The van der Waals surface area contributed by atoms with Crippen LogP contribution >= 0.6 is 11.3 Å². The first kappa shape index (κ1) is 22.6. The molecule has 0 radical (unpaired) electrons. The van der Waals surface area contributed by atoms with Crippen molar-refractivity contribution in [1.29, 1.82) is 0 Å². The van der Waals surface area contributed by atoms with Crippen molar-refractivity contribution in [3.05, 3.63) is 94.2 Å². The highest BCUT2D eigenvalue weighted by molar-refractivity contribution is 7.09. The molecule has 0 aliphatic heterocycles. The Morgan fingerprint density at radius 2 is 1.52 bits per heavy atom. The van der Waals surface area contributed by atoms with Crippen LogP contribution < -0.4 is 5.32 Å². The predicted molar refractivity (Wildman–Crippen MR) is 126 cm³/mol. The summed E-state index contributed by atoms with van der Waals surface area (Å²) in [6.07, 6.45) is 0. The van der Waals surface area contributed by atoms with E-state index in [4.69, 9.17) is 0 Å². The van der Waals surface area contributed by atoms with Crippen LogP contribution in [0, 0.1) is 0 Å². The molecule has 1 N–H and O–H groups in total. The minimum absolute atomic E-state index is 0.0382. The van der Waals surface area contributed by atoms with Gasteiger partial charge in [-0.2, -0.15) is 0 Å². The molecule has 0 spiro atoms. The molecule has 0 saturated carbocycles. The number of carbonyl (C=O) groups excluding carboxylic acids is 2. The number of nitrogens with one attached hydrogen (secondary N) is 1. The van der Waals surface area contributed by atoms with E-state index >= 15 is 0 Å². The highest BCUT2D eigenvalue weighted by atomic mass is 32.1. The molecule has 6 heteroatoms. The quantitative estimate of drug-likeness (QED) is 0.520. The standard InChI is InChI=1S/C25H29N3O2S/c1-20(2)28(25(30)26-16-21-10-5-3-6-11-21)19-24(29)27(18-23-14-9-15-31-23)17-22-12-7-4-8-13-22/h3-15,20H,16-19H2,1-2H3,(H,26,30). The highest BCUT2D eigenvalue weighted by Gasteiger charge is 2.24. The normalized spacial score (nSPS) is 10.7. The zero-order valence-electron chi connectivity index (χ0n) is 18.0. The van der Waals surface area contributed by atoms with E-state index in [9.17, 15) is 9.59 Å². The van der Waals surface area contributed by atoms with E-state index in [1.165, 1.54) is 0 Å². The average molecular weight is 436 g/mol. The van der Waals surface area contributed by atoms with Crippen LogP contribution in [-0.4, -0.2) is 34.3 Å². The van der Waals surface area contributed by atoms with E-state index < -0.39 is 0 Å². The lowest BCUT2D eigenvalue weighted by atomic mass is 10.2. The maximum atomic E-state index is 13.3. The monoisotopic (exact) mass is 435 g/mol. The molecule has 3 amide bonds. The molecule has 162 valence electrons. The Hall–Kier alpha value is -3.12. The maximum Gasteiger partial charge on any atom is 0.318 e. The first-order valence-electron chi connectivity index (χ1n) is 10.5. The lowest BCUT2D eigenvalue weighted by Gasteiger charge is -2.30. The van der Waals surface area contributed by atoms with Crippen molar-refractivity contribution in [3.8, 4) is 0 Å². The Bertz CT molecular complexity index is 943. The molecule has 0 aliphatic rings. The molecule has 0 saturated heterocycles. The van der Waals surface area contributed by atoms with Gasteiger partial charge < -0.3 is 15.1 Å². The third-order valence-corrected chi connectivity index (χ3v) is 5.83. The van der Waals surface area contributed by atoms with E-state index in [0.717, 1.165) is 16.0 Å². The van der Waals surface area contributed by atoms with Gasteiger partial charge in [0.2, 0.25) is 5.91 Å². The minimum atomic E-state index is -0.233. The molecule has 0 aliphatic carbocycles. The SMILES string of the molecule is CC(C)N(CC(=O)N(Cc1ccccc1)Cc1cccs1)C(=O)NCc1ccccc1. The van der Waals surface area contributed by atoms with Crippen LogP contribution in [0.3, 0.4) is 0 Å². The summed E-state index contributed by atoms with van der Waals surface area (Å²) in [5, 5.41) is 4.95. The first-order chi connectivity index (χ1) is 15.0. The largest absolute Gasteiger partial charge is 0.334 e. The summed E-state index contributed by atoms with van der Waals surface area (Å²) in [6, 6.07) is 23.4. The minimum Gasteiger partial charge on any atom is -0.334 e. The molecule has 1 aromatic heterocycles. The molecular formula is C25H29N3O2S. The van der Waals surface area contributed by atoms with Crippen LogP contribution in [0.5, 0.6) is 0 Å². The van der Waals surface area contributed by atoms with Crippen LogP contribution in [0.2, 0.25) is 0 Å². The van der Waals surface area contributed by atoms with Gasteiger partial charge in [-0.25, -0.2) is 4.79 Å². The van der Waals surface area contributed by atoms with Crippen molar-refractivity contribution < 1.29 is 9.59 Å². The van der Waals surface area contributed by atoms with Crippen LogP contribution in [0.4, 0.5) is 4.79 Å². The van der Waals surface area contributed by atoms with Gasteiger partial charge in [-0.05, 0) is 36.4 Å². The molecule has 0 fully saturated rings. The lowest BCUT2D eigenvalue weighted by molar-refractivity contribution is -0.133. The Morgan fingerprint density at radius 1 is 0.871 bits per heavy atom. The second-order valence-electron chi connectivity index (χ2n) is 7.68. The van der Waals surface area contributed by atoms with Gasteiger partial charge in [-0.3, -0.25) is 4.79 Å². The van der Waals surface area contributed by atoms with Gasteiger partial charge in [0, 0.05) is 24.0 Å². The molecule has 1 heterocycles. The number of nitrogens with zero attached hydrogens (tertiary/aromatic N) is 2. The third-order valence-electron chi connectivity index (χ3n) is 4.97. The fourth-order valence-electron chi connectivity index (χ4n) is 3.24. The smallest absolute Gasteiger partial charge is 0.318 e. The summed E-state index contributed by atoms with van der Waals surface area (Å²) >= 11 is 1.63. The highest BCUT2D eigenvalue weighted by Crippen LogP contribution is 2.15. The van der Waals surface area contributed by atoms with Crippen molar-refractivity contribution in [1.82, 2.24) is 15.1 Å². The van der Waals surface area contributed by atoms with Crippen molar-refractivity contribution >= 4 is 23.3 Å². The van der Waals surface area contributed by atoms with Gasteiger partial charge >= 0.3 is 6.03 Å². The lowest BCUT2D eigenvalue weighted by Crippen LogP contribution is -2.49. The Balaban J connectivity index is 1.68. The molecule has 2 aromatic carbocycles. The number of urea groups is 1.